The lowest BCUT2D eigenvalue weighted by Crippen LogP contribution is -2.30. The van der Waals surface area contributed by atoms with Crippen LogP contribution in [0.4, 0.5) is 5.69 Å². The number of halogens is 1. The first-order valence-corrected chi connectivity index (χ1v) is 10.1. The van der Waals surface area contributed by atoms with Crippen LogP contribution in [0.15, 0.2) is 53.0 Å². The maximum Gasteiger partial charge on any atom is 0.226 e. The molecule has 1 atom stereocenters. The first-order valence-electron chi connectivity index (χ1n) is 7.43. The van der Waals surface area contributed by atoms with Gasteiger partial charge in [0.25, 0.3) is 0 Å². The van der Waals surface area contributed by atoms with E-state index in [0.29, 0.717) is 17.0 Å². The van der Waals surface area contributed by atoms with Gasteiger partial charge in [0.15, 0.2) is 0 Å². The molecule has 0 spiro atoms. The summed E-state index contributed by atoms with van der Waals surface area (Å²) in [6.07, 6.45) is 1.03. The fourth-order valence-corrected chi connectivity index (χ4v) is 3.25. The van der Waals surface area contributed by atoms with Gasteiger partial charge in [-0.05, 0) is 42.0 Å². The highest BCUT2D eigenvalue weighted by atomic mass is 79.9. The second-order valence-corrected chi connectivity index (χ2v) is 8.17. The fourth-order valence-electron chi connectivity index (χ4n) is 2.25. The van der Waals surface area contributed by atoms with Crippen molar-refractivity contribution in [1.29, 1.82) is 0 Å². The predicted molar refractivity (Wildman–Crippen MR) is 101 cm³/mol. The number of rotatable bonds is 7. The third-order valence-electron chi connectivity index (χ3n) is 3.39. The van der Waals surface area contributed by atoms with E-state index in [1.807, 2.05) is 12.1 Å². The van der Waals surface area contributed by atoms with Crippen molar-refractivity contribution >= 4 is 37.5 Å². The lowest BCUT2D eigenvalue weighted by Gasteiger charge is -2.18. The van der Waals surface area contributed by atoms with Gasteiger partial charge in [0, 0.05) is 16.6 Å². The molecule has 0 aliphatic rings. The monoisotopic (exact) mass is 426 g/mol. The summed E-state index contributed by atoms with van der Waals surface area (Å²) in [6, 6.07) is 13.4. The van der Waals surface area contributed by atoms with E-state index >= 15 is 0 Å². The molecule has 0 fully saturated rings. The van der Waals surface area contributed by atoms with Gasteiger partial charge in [0.2, 0.25) is 15.9 Å². The molecule has 2 aromatic rings. The van der Waals surface area contributed by atoms with Crippen LogP contribution in [0.2, 0.25) is 0 Å². The minimum Gasteiger partial charge on any atom is -0.497 e. The topological polar surface area (TPSA) is 84.5 Å². The Kier molecular flexibility index (Phi) is 6.57. The summed E-state index contributed by atoms with van der Waals surface area (Å²) < 4.78 is 31.8. The molecule has 2 rings (SSSR count). The number of ether oxygens (including phenoxy) is 1. The van der Waals surface area contributed by atoms with Crippen LogP contribution in [-0.2, 0) is 14.8 Å². The maximum atomic E-state index is 12.3. The second-order valence-electron chi connectivity index (χ2n) is 5.47. The molecular weight excluding hydrogens is 408 g/mol. The summed E-state index contributed by atoms with van der Waals surface area (Å²) in [5.41, 5.74) is 1.32. The van der Waals surface area contributed by atoms with Crippen LogP contribution >= 0.6 is 15.9 Å². The highest BCUT2D eigenvalue weighted by Crippen LogP contribution is 2.22. The molecule has 0 aromatic heterocycles. The van der Waals surface area contributed by atoms with Gasteiger partial charge in [-0.2, -0.15) is 0 Å². The van der Waals surface area contributed by atoms with E-state index in [1.165, 1.54) is 0 Å². The highest BCUT2D eigenvalue weighted by molar-refractivity contribution is 9.10. The van der Waals surface area contributed by atoms with Gasteiger partial charge in [0.05, 0.1) is 19.4 Å². The number of anilines is 1. The molecule has 2 N–H and O–H groups in total. The van der Waals surface area contributed by atoms with Crippen LogP contribution in [0.25, 0.3) is 0 Å². The van der Waals surface area contributed by atoms with Gasteiger partial charge in [0.1, 0.15) is 5.75 Å². The molecule has 0 aliphatic heterocycles. The van der Waals surface area contributed by atoms with Crippen molar-refractivity contribution in [2.45, 2.75) is 12.5 Å². The molecule has 0 heterocycles. The Morgan fingerprint density at radius 2 is 1.72 bits per heavy atom. The summed E-state index contributed by atoms with van der Waals surface area (Å²) in [4.78, 5) is 12.3. The van der Waals surface area contributed by atoms with E-state index in [1.54, 1.807) is 43.5 Å². The summed E-state index contributed by atoms with van der Waals surface area (Å²) in [6.45, 7) is 0. The molecular formula is C17H19BrN2O4S. The lowest BCUT2D eigenvalue weighted by molar-refractivity contribution is -0.116. The van der Waals surface area contributed by atoms with Crippen LogP contribution in [0, 0.1) is 0 Å². The lowest BCUT2D eigenvalue weighted by atomic mass is 10.0. The third kappa shape index (κ3) is 6.49. The molecule has 2 aromatic carbocycles. The van der Waals surface area contributed by atoms with Gasteiger partial charge >= 0.3 is 0 Å². The van der Waals surface area contributed by atoms with E-state index in [4.69, 9.17) is 4.74 Å². The molecule has 0 radical (unpaired) electrons. The number of hydrogen-bond donors (Lipinski definition) is 2. The van der Waals surface area contributed by atoms with Crippen LogP contribution in [0.5, 0.6) is 5.75 Å². The van der Waals surface area contributed by atoms with Gasteiger partial charge in [-0.15, -0.1) is 0 Å². The Hall–Kier alpha value is -1.90. The fraction of sp³-hybridized carbons (Fsp3) is 0.235. The zero-order chi connectivity index (χ0) is 18.4. The van der Waals surface area contributed by atoms with E-state index < -0.39 is 16.1 Å². The third-order valence-corrected chi connectivity index (χ3v) is 4.63. The molecule has 0 saturated heterocycles. The van der Waals surface area contributed by atoms with Gasteiger partial charge in [-0.1, -0.05) is 28.1 Å². The number of hydrogen-bond acceptors (Lipinski definition) is 4. The Labute approximate surface area is 155 Å². The molecule has 25 heavy (non-hydrogen) atoms. The number of carbonyl (C=O) groups is 1. The highest BCUT2D eigenvalue weighted by Gasteiger charge is 2.20. The number of nitrogens with one attached hydrogen (secondary N) is 2. The van der Waals surface area contributed by atoms with Crippen LogP contribution in [-0.4, -0.2) is 27.7 Å². The van der Waals surface area contributed by atoms with Crippen molar-refractivity contribution in [2.75, 3.05) is 18.7 Å². The Bertz CT molecular complexity index is 821. The van der Waals surface area contributed by atoms with Crippen molar-refractivity contribution in [1.82, 2.24) is 4.72 Å². The Balaban J connectivity index is 2.14. The molecule has 0 saturated carbocycles. The van der Waals surface area contributed by atoms with E-state index in [9.17, 15) is 13.2 Å². The molecule has 0 unspecified atom stereocenters. The van der Waals surface area contributed by atoms with E-state index in [-0.39, 0.29) is 12.3 Å². The number of benzene rings is 2. The SMILES string of the molecule is COc1ccc([C@@H](CC(=O)Nc2ccc(Br)cc2)NS(C)(=O)=O)cc1. The summed E-state index contributed by atoms with van der Waals surface area (Å²) in [5.74, 6) is 0.362. The molecule has 0 aliphatic carbocycles. The van der Waals surface area contributed by atoms with E-state index in [0.717, 1.165) is 10.7 Å². The summed E-state index contributed by atoms with van der Waals surface area (Å²) in [5, 5.41) is 2.76. The van der Waals surface area contributed by atoms with E-state index in [2.05, 4.69) is 26.0 Å². The van der Waals surface area contributed by atoms with Crippen molar-refractivity contribution in [3.63, 3.8) is 0 Å². The molecule has 134 valence electrons. The average Bonchev–Trinajstić information content (AvgIpc) is 2.55. The van der Waals surface area contributed by atoms with Gasteiger partial charge < -0.3 is 10.1 Å². The Morgan fingerprint density at radius 3 is 2.24 bits per heavy atom. The normalized spacial score (nSPS) is 12.4. The van der Waals surface area contributed by atoms with Crippen LogP contribution in [0.1, 0.15) is 18.0 Å². The van der Waals surface area contributed by atoms with Crippen LogP contribution < -0.4 is 14.8 Å². The quantitative estimate of drug-likeness (QED) is 0.712. The largest absolute Gasteiger partial charge is 0.497 e. The summed E-state index contributed by atoms with van der Waals surface area (Å²) >= 11 is 3.33. The minimum absolute atomic E-state index is 0.0323. The minimum atomic E-state index is -3.48. The zero-order valence-electron chi connectivity index (χ0n) is 13.8. The standard InChI is InChI=1S/C17H19BrN2O4S/c1-24-15-9-3-12(4-10-15)16(20-25(2,22)23)11-17(21)19-14-7-5-13(18)6-8-14/h3-10,16,20H,11H2,1-2H3,(H,19,21)/t16-/m1/s1. The molecule has 6 nitrogen and oxygen atoms in total. The van der Waals surface area contributed by atoms with Crippen molar-refractivity contribution in [3.05, 3.63) is 58.6 Å². The first-order chi connectivity index (χ1) is 11.8. The van der Waals surface area contributed by atoms with Crippen molar-refractivity contribution < 1.29 is 17.9 Å². The molecule has 8 heteroatoms. The van der Waals surface area contributed by atoms with Gasteiger partial charge in [-0.3, -0.25) is 4.79 Å². The number of carbonyl (C=O) groups excluding carboxylic acids is 1. The first kappa shape index (κ1) is 19.4. The number of sulfonamides is 1. The average molecular weight is 427 g/mol. The Morgan fingerprint density at radius 1 is 1.12 bits per heavy atom. The molecule has 0 bridgehead atoms. The number of methoxy groups -OCH3 is 1. The van der Waals surface area contributed by atoms with Crippen molar-refractivity contribution in [2.24, 2.45) is 0 Å². The smallest absolute Gasteiger partial charge is 0.226 e. The van der Waals surface area contributed by atoms with Crippen molar-refractivity contribution in [3.8, 4) is 5.75 Å². The van der Waals surface area contributed by atoms with Gasteiger partial charge in [-0.25, -0.2) is 13.1 Å². The number of amides is 1. The summed E-state index contributed by atoms with van der Waals surface area (Å²) in [7, 11) is -1.93. The molecule has 1 amide bonds. The predicted octanol–water partition coefficient (Wildman–Crippen LogP) is 3.08. The van der Waals surface area contributed by atoms with Crippen LogP contribution in [0.3, 0.4) is 0 Å². The maximum absolute atomic E-state index is 12.3. The zero-order valence-corrected chi connectivity index (χ0v) is 16.2. The second kappa shape index (κ2) is 8.46.